The van der Waals surface area contributed by atoms with Crippen LogP contribution in [-0.4, -0.2) is 19.3 Å². The molecule has 1 heterocycles. The van der Waals surface area contributed by atoms with Gasteiger partial charge in [0.05, 0.1) is 12.7 Å². The van der Waals surface area contributed by atoms with Gasteiger partial charge >= 0.3 is 12.1 Å². The fourth-order valence-electron chi connectivity index (χ4n) is 1.51. The second-order valence-corrected chi connectivity index (χ2v) is 3.57. The zero-order valence-electron chi connectivity index (χ0n) is 8.76. The number of nitrogens with one attached hydrogen (secondary N) is 2. The van der Waals surface area contributed by atoms with Crippen molar-refractivity contribution >= 4 is 5.97 Å². The van der Waals surface area contributed by atoms with E-state index in [-0.39, 0.29) is 11.1 Å². The molecule has 1 aromatic carbocycles. The first-order valence-electron chi connectivity index (χ1n) is 4.70. The van der Waals surface area contributed by atoms with Gasteiger partial charge in [0.2, 0.25) is 5.66 Å². The number of hydrogen-bond acceptors (Lipinski definition) is 4. The second kappa shape index (κ2) is 3.71. The molecule has 92 valence electrons. The Hall–Kier alpha value is -1.60. The number of carbonyl (C=O) groups excluding carboxylic acids is 1. The summed E-state index contributed by atoms with van der Waals surface area (Å²) in [7, 11) is 1.17. The summed E-state index contributed by atoms with van der Waals surface area (Å²) >= 11 is 0. The Bertz CT molecular complexity index is 455. The van der Waals surface area contributed by atoms with Gasteiger partial charge in [0, 0.05) is 0 Å². The van der Waals surface area contributed by atoms with Gasteiger partial charge in [-0.3, -0.25) is 0 Å². The number of alkyl halides is 3. The number of ether oxygens (including phenoxy) is 1. The normalized spacial score (nSPS) is 17.6. The van der Waals surface area contributed by atoms with Gasteiger partial charge in [0.15, 0.2) is 0 Å². The second-order valence-electron chi connectivity index (χ2n) is 3.57. The molecule has 1 fully saturated rings. The van der Waals surface area contributed by atoms with E-state index in [4.69, 9.17) is 0 Å². The van der Waals surface area contributed by atoms with Crippen LogP contribution in [-0.2, 0) is 10.4 Å². The molecule has 0 amide bonds. The van der Waals surface area contributed by atoms with Crippen molar-refractivity contribution in [3.05, 3.63) is 35.4 Å². The molecule has 0 atom stereocenters. The van der Waals surface area contributed by atoms with Crippen molar-refractivity contribution < 1.29 is 22.7 Å². The molecule has 17 heavy (non-hydrogen) atoms. The maximum Gasteiger partial charge on any atom is 0.426 e. The maximum atomic E-state index is 12.8. The van der Waals surface area contributed by atoms with Crippen LogP contribution in [0.25, 0.3) is 0 Å². The lowest BCUT2D eigenvalue weighted by Crippen LogP contribution is -2.35. The lowest BCUT2D eigenvalue weighted by molar-refractivity contribution is -0.165. The largest absolute Gasteiger partial charge is 0.465 e. The Balaban J connectivity index is 2.38. The Kier molecular flexibility index (Phi) is 2.59. The first-order chi connectivity index (χ1) is 7.90. The number of esters is 1. The number of halogens is 3. The monoisotopic (exact) mass is 246 g/mol. The highest BCUT2D eigenvalue weighted by atomic mass is 19.4. The summed E-state index contributed by atoms with van der Waals surface area (Å²) in [6, 6.07) is 5.19. The molecule has 0 spiro atoms. The van der Waals surface area contributed by atoms with Crippen molar-refractivity contribution in [1.82, 2.24) is 10.9 Å². The molecule has 2 rings (SSSR count). The summed E-state index contributed by atoms with van der Waals surface area (Å²) in [5.41, 5.74) is 1.87. The van der Waals surface area contributed by atoms with Gasteiger partial charge < -0.3 is 4.74 Å². The Labute approximate surface area is 94.7 Å². The number of benzene rings is 1. The SMILES string of the molecule is COC(=O)c1cccc(C2(C(F)(F)F)NN2)c1. The molecule has 2 N–H and O–H groups in total. The number of carbonyl (C=O) groups is 1. The van der Waals surface area contributed by atoms with Crippen molar-refractivity contribution in [2.24, 2.45) is 0 Å². The van der Waals surface area contributed by atoms with Crippen LogP contribution in [0.1, 0.15) is 15.9 Å². The predicted molar refractivity (Wildman–Crippen MR) is 51.8 cm³/mol. The standard InChI is InChI=1S/C10H9F3N2O2/c1-17-8(16)6-3-2-4-7(5-6)9(14-15-9)10(11,12)13/h2-5,14-15H,1H3. The van der Waals surface area contributed by atoms with Gasteiger partial charge in [-0.25, -0.2) is 15.6 Å². The average molecular weight is 246 g/mol. The summed E-state index contributed by atoms with van der Waals surface area (Å²) in [5.74, 6) is -0.676. The summed E-state index contributed by atoms with van der Waals surface area (Å²) in [6.45, 7) is 0. The molecule has 1 aliphatic heterocycles. The first-order valence-corrected chi connectivity index (χ1v) is 4.70. The zero-order valence-corrected chi connectivity index (χ0v) is 8.76. The van der Waals surface area contributed by atoms with Gasteiger partial charge in [0.1, 0.15) is 0 Å². The number of hydrazine groups is 1. The van der Waals surface area contributed by atoms with Crippen molar-refractivity contribution in [1.29, 1.82) is 0 Å². The molecule has 1 aliphatic rings. The van der Waals surface area contributed by atoms with Crippen LogP contribution in [0.4, 0.5) is 13.2 Å². The van der Waals surface area contributed by atoms with Crippen LogP contribution in [0.5, 0.6) is 0 Å². The topological polar surface area (TPSA) is 70.2 Å². The van der Waals surface area contributed by atoms with Crippen LogP contribution in [0.2, 0.25) is 0 Å². The van der Waals surface area contributed by atoms with Crippen LogP contribution >= 0.6 is 0 Å². The van der Waals surface area contributed by atoms with E-state index in [1.165, 1.54) is 25.3 Å². The third kappa shape index (κ3) is 1.87. The molecular formula is C10H9F3N2O2. The minimum Gasteiger partial charge on any atom is -0.465 e. The molecule has 1 saturated heterocycles. The van der Waals surface area contributed by atoms with E-state index in [9.17, 15) is 18.0 Å². The van der Waals surface area contributed by atoms with E-state index in [0.717, 1.165) is 6.07 Å². The van der Waals surface area contributed by atoms with Gasteiger partial charge in [0.25, 0.3) is 0 Å². The molecule has 0 aliphatic carbocycles. The highest BCUT2D eigenvalue weighted by Crippen LogP contribution is 2.42. The van der Waals surface area contributed by atoms with Crippen LogP contribution in [0.15, 0.2) is 24.3 Å². The minimum atomic E-state index is -4.48. The van der Waals surface area contributed by atoms with Crippen molar-refractivity contribution in [2.45, 2.75) is 11.8 Å². The third-order valence-corrected chi connectivity index (χ3v) is 2.52. The fourth-order valence-corrected chi connectivity index (χ4v) is 1.51. The average Bonchev–Trinajstić information content (AvgIpc) is 3.08. The van der Waals surface area contributed by atoms with E-state index >= 15 is 0 Å². The Morgan fingerprint density at radius 2 is 2.00 bits per heavy atom. The Morgan fingerprint density at radius 3 is 2.47 bits per heavy atom. The van der Waals surface area contributed by atoms with E-state index in [1.807, 2.05) is 0 Å². The molecule has 4 nitrogen and oxygen atoms in total. The molecule has 0 radical (unpaired) electrons. The molecule has 1 aromatic rings. The van der Waals surface area contributed by atoms with Crippen LogP contribution in [0.3, 0.4) is 0 Å². The summed E-state index contributed by atoms with van der Waals surface area (Å²) in [6.07, 6.45) is -4.48. The third-order valence-electron chi connectivity index (χ3n) is 2.52. The lowest BCUT2D eigenvalue weighted by atomic mass is 10.0. The van der Waals surface area contributed by atoms with Crippen molar-refractivity contribution in [2.75, 3.05) is 7.11 Å². The number of methoxy groups -OCH3 is 1. The van der Waals surface area contributed by atoms with Crippen molar-refractivity contribution in [3.8, 4) is 0 Å². The molecule has 0 aromatic heterocycles. The van der Waals surface area contributed by atoms with Gasteiger partial charge in [-0.2, -0.15) is 13.2 Å². The van der Waals surface area contributed by atoms with Crippen molar-refractivity contribution in [3.63, 3.8) is 0 Å². The smallest absolute Gasteiger partial charge is 0.426 e. The summed E-state index contributed by atoms with van der Waals surface area (Å²) in [5, 5.41) is 0. The highest BCUT2D eigenvalue weighted by Gasteiger charge is 2.65. The molecule has 0 saturated carbocycles. The fraction of sp³-hybridized carbons (Fsp3) is 0.300. The van der Waals surface area contributed by atoms with Gasteiger partial charge in [-0.15, -0.1) is 0 Å². The molecule has 7 heteroatoms. The molecular weight excluding hydrogens is 237 g/mol. The van der Waals surface area contributed by atoms with E-state index in [1.54, 1.807) is 0 Å². The van der Waals surface area contributed by atoms with Gasteiger partial charge in [-0.05, 0) is 17.7 Å². The van der Waals surface area contributed by atoms with E-state index < -0.39 is 17.8 Å². The summed E-state index contributed by atoms with van der Waals surface area (Å²) in [4.78, 5) is 11.2. The quantitative estimate of drug-likeness (QED) is 0.609. The predicted octanol–water partition coefficient (Wildman–Crippen LogP) is 1.30. The minimum absolute atomic E-state index is 0.0733. The van der Waals surface area contributed by atoms with E-state index in [2.05, 4.69) is 15.6 Å². The molecule has 0 bridgehead atoms. The van der Waals surface area contributed by atoms with Crippen LogP contribution in [0, 0.1) is 0 Å². The van der Waals surface area contributed by atoms with Gasteiger partial charge in [-0.1, -0.05) is 12.1 Å². The zero-order chi connectivity index (χ0) is 12.7. The lowest BCUT2D eigenvalue weighted by Gasteiger charge is -2.16. The summed E-state index contributed by atoms with van der Waals surface area (Å²) < 4.78 is 42.7. The van der Waals surface area contributed by atoms with Crippen LogP contribution < -0.4 is 10.9 Å². The van der Waals surface area contributed by atoms with E-state index in [0.29, 0.717) is 0 Å². The first kappa shape index (κ1) is 11.9. The number of hydrogen-bond donors (Lipinski definition) is 2. The Morgan fingerprint density at radius 1 is 1.35 bits per heavy atom. The maximum absolute atomic E-state index is 12.8. The molecule has 0 unspecified atom stereocenters. The number of rotatable bonds is 2. The highest BCUT2D eigenvalue weighted by molar-refractivity contribution is 5.89.